The van der Waals surface area contributed by atoms with Crippen LogP contribution in [0.15, 0.2) is 30.3 Å². The Labute approximate surface area is 89.0 Å². The van der Waals surface area contributed by atoms with Crippen LogP contribution in [0.25, 0.3) is 6.08 Å². The fourth-order valence-electron chi connectivity index (χ4n) is 0.775. The first-order chi connectivity index (χ1) is 7.10. The van der Waals surface area contributed by atoms with E-state index >= 15 is 0 Å². The van der Waals surface area contributed by atoms with Crippen LogP contribution >= 0.6 is 0 Å². The van der Waals surface area contributed by atoms with Gasteiger partial charge >= 0.3 is 5.97 Å². The highest BCUT2D eigenvalue weighted by Gasteiger charge is 1.88. The minimum atomic E-state index is -0.952. The summed E-state index contributed by atoms with van der Waals surface area (Å²) in [6, 6.07) is 6.96. The number of hydrogen-bond acceptors (Lipinski definition) is 3. The van der Waals surface area contributed by atoms with Crippen molar-refractivity contribution < 1.29 is 14.6 Å². The van der Waals surface area contributed by atoms with Gasteiger partial charge in [0.1, 0.15) is 0 Å². The maximum atomic E-state index is 10.1. The summed E-state index contributed by atoms with van der Waals surface area (Å²) >= 11 is 0. The van der Waals surface area contributed by atoms with Crippen molar-refractivity contribution in [3.63, 3.8) is 0 Å². The molecule has 0 saturated carbocycles. The van der Waals surface area contributed by atoms with Crippen molar-refractivity contribution in [2.75, 3.05) is 20.0 Å². The number of nitrogens with two attached hydrogens (primary N) is 1. The van der Waals surface area contributed by atoms with E-state index in [0.717, 1.165) is 11.6 Å². The molecule has 1 aromatic carbocycles. The summed E-state index contributed by atoms with van der Waals surface area (Å²) in [5.74, 6) is -0.952. The van der Waals surface area contributed by atoms with Crippen molar-refractivity contribution in [2.24, 2.45) is 0 Å². The van der Waals surface area contributed by atoms with Crippen LogP contribution in [-0.4, -0.2) is 25.3 Å². The summed E-state index contributed by atoms with van der Waals surface area (Å²) in [5, 5.41) is 8.32. The Balaban J connectivity index is 0.000000583. The molecule has 0 aliphatic rings. The van der Waals surface area contributed by atoms with E-state index in [9.17, 15) is 4.79 Å². The fourth-order valence-corrected chi connectivity index (χ4v) is 0.775. The van der Waals surface area contributed by atoms with Crippen molar-refractivity contribution in [3.05, 3.63) is 35.9 Å². The molecule has 0 atom stereocenters. The molecule has 0 aromatic heterocycles. The number of ether oxygens (including phenoxy) is 1. The van der Waals surface area contributed by atoms with Gasteiger partial charge in [-0.2, -0.15) is 0 Å². The summed E-state index contributed by atoms with van der Waals surface area (Å²) in [6.45, 7) is 0. The number of carboxylic acid groups (broad SMARTS) is 1. The average Bonchev–Trinajstić information content (AvgIpc) is 2.18. The smallest absolute Gasteiger partial charge is 0.328 e. The Morgan fingerprint density at radius 2 is 1.80 bits per heavy atom. The Morgan fingerprint density at radius 1 is 1.33 bits per heavy atom. The van der Waals surface area contributed by atoms with Crippen LogP contribution in [0.3, 0.4) is 0 Å². The molecular weight excluding hydrogens is 194 g/mol. The molecule has 0 aliphatic carbocycles. The van der Waals surface area contributed by atoms with E-state index in [2.05, 4.69) is 4.74 Å². The highest BCUT2D eigenvalue weighted by Crippen LogP contribution is 2.06. The highest BCUT2D eigenvalue weighted by molar-refractivity contribution is 5.85. The van der Waals surface area contributed by atoms with Gasteiger partial charge in [0.05, 0.1) is 0 Å². The molecule has 0 radical (unpaired) electrons. The zero-order valence-electron chi connectivity index (χ0n) is 8.81. The molecule has 0 amide bonds. The molecule has 0 heterocycles. The SMILES string of the molecule is COC.Nc1ccc(C=CC(=O)O)cc1. The van der Waals surface area contributed by atoms with E-state index < -0.39 is 5.97 Å². The quantitative estimate of drug-likeness (QED) is 0.573. The summed E-state index contributed by atoms with van der Waals surface area (Å²) in [5.41, 5.74) is 6.94. The molecule has 0 fully saturated rings. The summed E-state index contributed by atoms with van der Waals surface area (Å²) in [7, 11) is 3.25. The largest absolute Gasteiger partial charge is 0.478 e. The van der Waals surface area contributed by atoms with Crippen LogP contribution in [-0.2, 0) is 9.53 Å². The molecule has 0 unspecified atom stereocenters. The fraction of sp³-hybridized carbons (Fsp3) is 0.182. The number of benzene rings is 1. The molecule has 0 saturated heterocycles. The minimum Gasteiger partial charge on any atom is -0.478 e. The van der Waals surface area contributed by atoms with Gasteiger partial charge in [0.2, 0.25) is 0 Å². The topological polar surface area (TPSA) is 72.5 Å². The first-order valence-corrected chi connectivity index (χ1v) is 4.26. The molecule has 0 bridgehead atoms. The third kappa shape index (κ3) is 7.28. The number of rotatable bonds is 2. The Bertz CT molecular complexity index is 317. The molecule has 1 aromatic rings. The number of nitrogen functional groups attached to an aromatic ring is 1. The third-order valence-corrected chi connectivity index (χ3v) is 1.35. The maximum absolute atomic E-state index is 10.1. The zero-order chi connectivity index (χ0) is 11.7. The molecule has 0 spiro atoms. The third-order valence-electron chi connectivity index (χ3n) is 1.35. The van der Waals surface area contributed by atoms with Gasteiger partial charge < -0.3 is 15.6 Å². The van der Waals surface area contributed by atoms with Crippen LogP contribution in [0.5, 0.6) is 0 Å². The first-order valence-electron chi connectivity index (χ1n) is 4.26. The number of carbonyl (C=O) groups is 1. The number of hydrogen-bond donors (Lipinski definition) is 2. The first kappa shape index (κ1) is 13.2. The summed E-state index contributed by atoms with van der Waals surface area (Å²) in [6.07, 6.45) is 2.60. The molecule has 82 valence electrons. The lowest BCUT2D eigenvalue weighted by Gasteiger charge is -1.92. The lowest BCUT2D eigenvalue weighted by atomic mass is 10.2. The second-order valence-corrected chi connectivity index (χ2v) is 2.75. The van der Waals surface area contributed by atoms with Crippen molar-refractivity contribution in [2.45, 2.75) is 0 Å². The van der Waals surface area contributed by atoms with Gasteiger partial charge in [-0.1, -0.05) is 12.1 Å². The van der Waals surface area contributed by atoms with E-state index in [1.165, 1.54) is 6.08 Å². The number of carboxylic acids is 1. The van der Waals surface area contributed by atoms with E-state index in [4.69, 9.17) is 10.8 Å². The summed E-state index contributed by atoms with van der Waals surface area (Å²) < 4.78 is 4.25. The van der Waals surface area contributed by atoms with Gasteiger partial charge in [-0.05, 0) is 23.8 Å². The van der Waals surface area contributed by atoms with Gasteiger partial charge in [0.15, 0.2) is 0 Å². The molecule has 1 rings (SSSR count). The van der Waals surface area contributed by atoms with E-state index in [1.807, 2.05) is 0 Å². The van der Waals surface area contributed by atoms with Crippen LogP contribution in [0, 0.1) is 0 Å². The van der Waals surface area contributed by atoms with Crippen LogP contribution in [0.4, 0.5) is 5.69 Å². The monoisotopic (exact) mass is 209 g/mol. The number of methoxy groups -OCH3 is 1. The van der Waals surface area contributed by atoms with Crippen LogP contribution in [0.1, 0.15) is 5.56 Å². The highest BCUT2D eigenvalue weighted by atomic mass is 16.4. The lowest BCUT2D eigenvalue weighted by molar-refractivity contribution is -0.131. The van der Waals surface area contributed by atoms with Gasteiger partial charge in [0.25, 0.3) is 0 Å². The van der Waals surface area contributed by atoms with Gasteiger partial charge in [-0.3, -0.25) is 0 Å². The van der Waals surface area contributed by atoms with Crippen molar-refractivity contribution >= 4 is 17.7 Å². The zero-order valence-corrected chi connectivity index (χ0v) is 8.81. The van der Waals surface area contributed by atoms with Crippen molar-refractivity contribution in [3.8, 4) is 0 Å². The van der Waals surface area contributed by atoms with Gasteiger partial charge in [0, 0.05) is 26.0 Å². The molecular formula is C11H15NO3. The minimum absolute atomic E-state index is 0.669. The Kier molecular flexibility index (Phi) is 6.67. The van der Waals surface area contributed by atoms with Gasteiger partial charge in [-0.25, -0.2) is 4.79 Å². The van der Waals surface area contributed by atoms with E-state index in [-0.39, 0.29) is 0 Å². The second kappa shape index (κ2) is 7.58. The predicted molar refractivity (Wildman–Crippen MR) is 60.5 cm³/mol. The summed E-state index contributed by atoms with van der Waals surface area (Å²) in [4.78, 5) is 10.1. The molecule has 4 nitrogen and oxygen atoms in total. The molecule has 0 aliphatic heterocycles. The van der Waals surface area contributed by atoms with Crippen molar-refractivity contribution in [1.29, 1.82) is 0 Å². The van der Waals surface area contributed by atoms with Crippen LogP contribution in [0.2, 0.25) is 0 Å². The van der Waals surface area contributed by atoms with E-state index in [0.29, 0.717) is 5.69 Å². The molecule has 4 heteroatoms. The number of anilines is 1. The Morgan fingerprint density at radius 3 is 2.20 bits per heavy atom. The normalized spacial score (nSPS) is 9.47. The maximum Gasteiger partial charge on any atom is 0.328 e. The lowest BCUT2D eigenvalue weighted by Crippen LogP contribution is -1.86. The van der Waals surface area contributed by atoms with Crippen molar-refractivity contribution in [1.82, 2.24) is 0 Å². The standard InChI is InChI=1S/C9H9NO2.C2H6O/c10-8-4-1-7(2-5-8)3-6-9(11)12;1-3-2/h1-6H,10H2,(H,11,12);1-2H3. The Hall–Kier alpha value is -1.81. The van der Waals surface area contributed by atoms with Crippen LogP contribution < -0.4 is 5.73 Å². The molecule has 15 heavy (non-hydrogen) atoms. The van der Waals surface area contributed by atoms with Gasteiger partial charge in [-0.15, -0.1) is 0 Å². The average molecular weight is 209 g/mol. The number of aliphatic carboxylic acids is 1. The second-order valence-electron chi connectivity index (χ2n) is 2.75. The molecule has 3 N–H and O–H groups in total. The predicted octanol–water partition coefficient (Wildman–Crippen LogP) is 1.63. The van der Waals surface area contributed by atoms with E-state index in [1.54, 1.807) is 38.5 Å².